The number of ether oxygens (including phenoxy) is 1. The highest BCUT2D eigenvalue weighted by Crippen LogP contribution is 1.98. The number of carbonyl (C=O) groups is 2. The molecule has 0 saturated carbocycles. The lowest BCUT2D eigenvalue weighted by molar-refractivity contribution is -0.103. The Bertz CT molecular complexity index is 357. The van der Waals surface area contributed by atoms with Crippen LogP contribution in [0.15, 0.2) is 30.3 Å². The predicted octanol–water partition coefficient (Wildman–Crippen LogP) is 1.68. The molecule has 0 atom stereocenters. The zero-order valence-corrected chi connectivity index (χ0v) is 8.69. The molecule has 0 N–H and O–H groups in total. The Morgan fingerprint density at radius 2 is 1.93 bits per heavy atom. The average molecular weight is 204 g/mol. The molecule has 1 aromatic rings. The van der Waals surface area contributed by atoms with Crippen LogP contribution in [0.2, 0.25) is 0 Å². The van der Waals surface area contributed by atoms with Crippen LogP contribution in [-0.4, -0.2) is 19.4 Å². The SMILES string of the molecule is CC#CC=O.COC(=O)c1ccccc1. The Morgan fingerprint density at radius 3 is 2.27 bits per heavy atom. The third-order valence-electron chi connectivity index (χ3n) is 1.40. The molecule has 0 aromatic heterocycles. The molecule has 0 radical (unpaired) electrons. The van der Waals surface area contributed by atoms with Gasteiger partial charge in [-0.25, -0.2) is 4.79 Å². The fourth-order valence-electron chi connectivity index (χ4n) is 0.751. The van der Waals surface area contributed by atoms with Crippen molar-refractivity contribution >= 4 is 12.3 Å². The molecule has 0 unspecified atom stereocenters. The lowest BCUT2D eigenvalue weighted by Gasteiger charge is -1.95. The van der Waals surface area contributed by atoms with Crippen molar-refractivity contribution in [1.82, 2.24) is 0 Å². The first-order chi connectivity index (χ1) is 7.26. The molecule has 0 saturated heterocycles. The fourth-order valence-corrected chi connectivity index (χ4v) is 0.751. The average Bonchev–Trinajstić information content (AvgIpc) is 2.31. The molecule has 3 heteroatoms. The van der Waals surface area contributed by atoms with Crippen LogP contribution in [0, 0.1) is 11.8 Å². The Balaban J connectivity index is 0.000000336. The number of esters is 1. The zero-order valence-electron chi connectivity index (χ0n) is 8.69. The van der Waals surface area contributed by atoms with Crippen LogP contribution in [0.5, 0.6) is 0 Å². The van der Waals surface area contributed by atoms with Gasteiger partial charge in [0.15, 0.2) is 6.29 Å². The van der Waals surface area contributed by atoms with Gasteiger partial charge in [0.05, 0.1) is 12.7 Å². The summed E-state index contributed by atoms with van der Waals surface area (Å²) in [7, 11) is 1.37. The highest BCUT2D eigenvalue weighted by molar-refractivity contribution is 5.89. The monoisotopic (exact) mass is 204 g/mol. The van der Waals surface area contributed by atoms with E-state index in [-0.39, 0.29) is 5.97 Å². The molecular formula is C12H12O3. The molecule has 0 fully saturated rings. The Labute approximate surface area is 89.1 Å². The molecule has 0 aliphatic heterocycles. The fraction of sp³-hybridized carbons (Fsp3) is 0.167. The van der Waals surface area contributed by atoms with E-state index in [1.165, 1.54) is 7.11 Å². The van der Waals surface area contributed by atoms with Gasteiger partial charge in [-0.3, -0.25) is 4.79 Å². The van der Waals surface area contributed by atoms with Gasteiger partial charge >= 0.3 is 5.97 Å². The van der Waals surface area contributed by atoms with E-state index in [9.17, 15) is 9.59 Å². The van der Waals surface area contributed by atoms with E-state index in [0.717, 1.165) is 0 Å². The van der Waals surface area contributed by atoms with Gasteiger partial charge in [0.1, 0.15) is 0 Å². The van der Waals surface area contributed by atoms with Gasteiger partial charge in [-0.1, -0.05) is 24.1 Å². The van der Waals surface area contributed by atoms with Gasteiger partial charge in [0.2, 0.25) is 0 Å². The minimum Gasteiger partial charge on any atom is -0.465 e. The molecule has 0 amide bonds. The standard InChI is InChI=1S/C8H8O2.C4H4O/c1-10-8(9)7-5-3-2-4-6-7;1-2-3-4-5/h2-6H,1H3;4H,1H3. The van der Waals surface area contributed by atoms with Crippen LogP contribution in [0.1, 0.15) is 17.3 Å². The van der Waals surface area contributed by atoms with Crippen molar-refractivity contribution in [2.45, 2.75) is 6.92 Å². The first kappa shape index (κ1) is 12.9. The summed E-state index contributed by atoms with van der Waals surface area (Å²) in [5.41, 5.74) is 0.588. The van der Waals surface area contributed by atoms with Gasteiger partial charge in [-0.2, -0.15) is 0 Å². The third kappa shape index (κ3) is 6.05. The van der Waals surface area contributed by atoms with Gasteiger partial charge in [-0.15, -0.1) is 0 Å². The van der Waals surface area contributed by atoms with Crippen molar-refractivity contribution in [2.24, 2.45) is 0 Å². The summed E-state index contributed by atoms with van der Waals surface area (Å²) in [5, 5.41) is 0. The van der Waals surface area contributed by atoms with Crippen molar-refractivity contribution in [3.8, 4) is 11.8 Å². The Kier molecular flexibility index (Phi) is 7.33. The number of aldehydes is 1. The largest absolute Gasteiger partial charge is 0.465 e. The summed E-state index contributed by atoms with van der Waals surface area (Å²) < 4.78 is 4.50. The van der Waals surface area contributed by atoms with E-state index in [2.05, 4.69) is 16.6 Å². The smallest absolute Gasteiger partial charge is 0.337 e. The summed E-state index contributed by atoms with van der Waals surface area (Å²) in [4.78, 5) is 20.0. The van der Waals surface area contributed by atoms with Crippen LogP contribution >= 0.6 is 0 Å². The van der Waals surface area contributed by atoms with E-state index in [4.69, 9.17) is 0 Å². The summed E-state index contributed by atoms with van der Waals surface area (Å²) in [6.45, 7) is 1.62. The molecule has 0 bridgehead atoms. The van der Waals surface area contributed by atoms with Crippen molar-refractivity contribution in [3.05, 3.63) is 35.9 Å². The number of benzene rings is 1. The summed E-state index contributed by atoms with van der Waals surface area (Å²) in [5.74, 6) is 4.29. The second-order valence-corrected chi connectivity index (χ2v) is 2.37. The molecule has 0 aliphatic rings. The number of hydrogen-bond donors (Lipinski definition) is 0. The Hall–Kier alpha value is -2.08. The van der Waals surface area contributed by atoms with E-state index in [1.807, 2.05) is 6.07 Å². The van der Waals surface area contributed by atoms with Crippen molar-refractivity contribution in [3.63, 3.8) is 0 Å². The number of carbonyl (C=O) groups excluding carboxylic acids is 2. The second kappa shape index (κ2) is 8.52. The molecule has 15 heavy (non-hydrogen) atoms. The molecule has 1 aromatic carbocycles. The highest BCUT2D eigenvalue weighted by atomic mass is 16.5. The first-order valence-corrected chi connectivity index (χ1v) is 4.25. The zero-order chi connectivity index (χ0) is 11.5. The molecule has 0 spiro atoms. The molecule has 0 aliphatic carbocycles. The normalized spacial score (nSPS) is 7.33. The van der Waals surface area contributed by atoms with Crippen LogP contribution in [-0.2, 0) is 9.53 Å². The summed E-state index contributed by atoms with van der Waals surface area (Å²) in [6, 6.07) is 8.88. The van der Waals surface area contributed by atoms with Crippen LogP contribution in [0.4, 0.5) is 0 Å². The minimum atomic E-state index is -0.291. The number of hydrogen-bond acceptors (Lipinski definition) is 3. The van der Waals surface area contributed by atoms with Gasteiger partial charge in [-0.05, 0) is 25.0 Å². The molecular weight excluding hydrogens is 192 g/mol. The maximum Gasteiger partial charge on any atom is 0.337 e. The molecule has 78 valence electrons. The summed E-state index contributed by atoms with van der Waals surface area (Å²) >= 11 is 0. The topological polar surface area (TPSA) is 43.4 Å². The lowest BCUT2D eigenvalue weighted by atomic mass is 10.2. The third-order valence-corrected chi connectivity index (χ3v) is 1.40. The highest BCUT2D eigenvalue weighted by Gasteiger charge is 2.00. The predicted molar refractivity (Wildman–Crippen MR) is 57.3 cm³/mol. The molecule has 1 rings (SSSR count). The van der Waals surface area contributed by atoms with Crippen LogP contribution in [0.25, 0.3) is 0 Å². The van der Waals surface area contributed by atoms with Crippen molar-refractivity contribution in [1.29, 1.82) is 0 Å². The van der Waals surface area contributed by atoms with Crippen molar-refractivity contribution < 1.29 is 14.3 Å². The van der Waals surface area contributed by atoms with Gasteiger partial charge in [0, 0.05) is 0 Å². The second-order valence-electron chi connectivity index (χ2n) is 2.37. The van der Waals surface area contributed by atoms with Gasteiger partial charge in [0.25, 0.3) is 0 Å². The quantitative estimate of drug-likeness (QED) is 0.397. The van der Waals surface area contributed by atoms with Crippen LogP contribution in [0.3, 0.4) is 0 Å². The Morgan fingerprint density at radius 1 is 1.33 bits per heavy atom. The van der Waals surface area contributed by atoms with E-state index in [0.29, 0.717) is 11.8 Å². The number of methoxy groups -OCH3 is 1. The maximum absolute atomic E-state index is 10.8. The van der Waals surface area contributed by atoms with Crippen molar-refractivity contribution in [2.75, 3.05) is 7.11 Å². The molecule has 3 nitrogen and oxygen atoms in total. The number of rotatable bonds is 1. The maximum atomic E-state index is 10.8. The van der Waals surface area contributed by atoms with E-state index in [1.54, 1.807) is 31.2 Å². The summed E-state index contributed by atoms with van der Waals surface area (Å²) in [6.07, 6.45) is 0.569. The molecule has 0 heterocycles. The minimum absolute atomic E-state index is 0.291. The van der Waals surface area contributed by atoms with E-state index >= 15 is 0 Å². The first-order valence-electron chi connectivity index (χ1n) is 4.25. The van der Waals surface area contributed by atoms with Gasteiger partial charge < -0.3 is 4.74 Å². The lowest BCUT2D eigenvalue weighted by Crippen LogP contribution is -1.99. The van der Waals surface area contributed by atoms with Crippen LogP contribution < -0.4 is 0 Å². The van der Waals surface area contributed by atoms with E-state index < -0.39 is 0 Å².